The van der Waals surface area contributed by atoms with Crippen molar-refractivity contribution in [3.63, 3.8) is 0 Å². The number of benzene rings is 1. The highest BCUT2D eigenvalue weighted by atomic mass is 35.5. The van der Waals surface area contributed by atoms with Crippen LogP contribution in [0.1, 0.15) is 16.8 Å². The van der Waals surface area contributed by atoms with Gasteiger partial charge in [-0.2, -0.15) is 0 Å². The van der Waals surface area contributed by atoms with Crippen LogP contribution in [0.4, 0.5) is 0 Å². The quantitative estimate of drug-likeness (QED) is 0.727. The number of halogens is 1. The second-order valence-electron chi connectivity index (χ2n) is 3.83. The van der Waals surface area contributed by atoms with Crippen molar-refractivity contribution in [2.24, 2.45) is 0 Å². The molecule has 1 aromatic rings. The van der Waals surface area contributed by atoms with Crippen LogP contribution in [0.25, 0.3) is 0 Å². The molecule has 0 saturated carbocycles. The number of hydrogen-bond acceptors (Lipinski definition) is 3. The zero-order valence-electron chi connectivity index (χ0n) is 8.66. The third kappa shape index (κ3) is 2.46. The summed E-state index contributed by atoms with van der Waals surface area (Å²) in [5.74, 6) is -0.200. The van der Waals surface area contributed by atoms with Crippen molar-refractivity contribution in [2.75, 3.05) is 13.1 Å². The van der Waals surface area contributed by atoms with E-state index >= 15 is 0 Å². The lowest BCUT2D eigenvalue weighted by Gasteiger charge is -2.12. The normalized spacial score (nSPS) is 19.7. The Kier molecular flexibility index (Phi) is 3.31. The summed E-state index contributed by atoms with van der Waals surface area (Å²) in [6, 6.07) is 4.49. The van der Waals surface area contributed by atoms with Crippen molar-refractivity contribution in [2.45, 2.75) is 12.5 Å². The van der Waals surface area contributed by atoms with Crippen LogP contribution in [0.15, 0.2) is 18.2 Å². The summed E-state index contributed by atoms with van der Waals surface area (Å²) < 4.78 is 0. The van der Waals surface area contributed by atoms with E-state index in [0.29, 0.717) is 10.6 Å². The molecule has 86 valence electrons. The number of nitrogens with one attached hydrogen (secondary N) is 2. The minimum absolute atomic E-state index is 0.0408. The molecule has 16 heavy (non-hydrogen) atoms. The average molecular weight is 241 g/mol. The Balaban J connectivity index is 2.10. The molecule has 1 aliphatic rings. The summed E-state index contributed by atoms with van der Waals surface area (Å²) >= 11 is 5.89. The van der Waals surface area contributed by atoms with E-state index in [4.69, 9.17) is 11.6 Å². The molecule has 1 fully saturated rings. The zero-order valence-corrected chi connectivity index (χ0v) is 9.42. The van der Waals surface area contributed by atoms with Gasteiger partial charge in [-0.3, -0.25) is 4.79 Å². The molecule has 1 aliphatic heterocycles. The molecule has 1 aromatic carbocycles. The van der Waals surface area contributed by atoms with Gasteiger partial charge in [0.05, 0.1) is 10.6 Å². The third-order valence-electron chi connectivity index (χ3n) is 2.59. The van der Waals surface area contributed by atoms with Crippen LogP contribution in [0, 0.1) is 0 Å². The summed E-state index contributed by atoms with van der Waals surface area (Å²) in [5.41, 5.74) is 0.313. The number of carbonyl (C=O) groups is 1. The van der Waals surface area contributed by atoms with Crippen LogP contribution < -0.4 is 10.6 Å². The fourth-order valence-electron chi connectivity index (χ4n) is 1.73. The van der Waals surface area contributed by atoms with Gasteiger partial charge in [-0.05, 0) is 31.2 Å². The Bertz CT molecular complexity index is 403. The molecule has 2 rings (SSSR count). The van der Waals surface area contributed by atoms with E-state index in [1.807, 2.05) is 0 Å². The number of rotatable bonds is 2. The Morgan fingerprint density at radius 2 is 2.38 bits per heavy atom. The Morgan fingerprint density at radius 1 is 1.56 bits per heavy atom. The third-order valence-corrected chi connectivity index (χ3v) is 2.92. The molecule has 1 saturated heterocycles. The van der Waals surface area contributed by atoms with Crippen LogP contribution in [-0.2, 0) is 0 Å². The van der Waals surface area contributed by atoms with Crippen molar-refractivity contribution >= 4 is 17.5 Å². The summed E-state index contributed by atoms with van der Waals surface area (Å²) in [4.78, 5) is 11.8. The van der Waals surface area contributed by atoms with Crippen molar-refractivity contribution in [1.82, 2.24) is 10.6 Å². The Labute approximate surface area is 98.6 Å². The number of phenols is 1. The number of amides is 1. The van der Waals surface area contributed by atoms with Gasteiger partial charge in [0, 0.05) is 12.6 Å². The van der Waals surface area contributed by atoms with E-state index in [-0.39, 0.29) is 17.7 Å². The first-order chi connectivity index (χ1) is 7.66. The zero-order chi connectivity index (χ0) is 11.5. The van der Waals surface area contributed by atoms with E-state index in [9.17, 15) is 9.90 Å². The average Bonchev–Trinajstić information content (AvgIpc) is 2.74. The highest BCUT2D eigenvalue weighted by Gasteiger charge is 2.19. The molecule has 1 heterocycles. The molecule has 5 heteroatoms. The van der Waals surface area contributed by atoms with Gasteiger partial charge in [0.15, 0.2) is 0 Å². The molecule has 0 aliphatic carbocycles. The lowest BCUT2D eigenvalue weighted by molar-refractivity contribution is 0.0940. The first-order valence-corrected chi connectivity index (χ1v) is 5.54. The van der Waals surface area contributed by atoms with E-state index in [1.165, 1.54) is 18.2 Å². The number of aromatic hydroxyl groups is 1. The van der Waals surface area contributed by atoms with Gasteiger partial charge in [-0.25, -0.2) is 0 Å². The molecule has 1 atom stereocenters. The highest BCUT2D eigenvalue weighted by Crippen LogP contribution is 2.21. The van der Waals surface area contributed by atoms with E-state index in [2.05, 4.69) is 10.6 Å². The lowest BCUT2D eigenvalue weighted by atomic mass is 10.1. The van der Waals surface area contributed by atoms with Crippen molar-refractivity contribution in [3.8, 4) is 5.75 Å². The van der Waals surface area contributed by atoms with Gasteiger partial charge < -0.3 is 15.7 Å². The van der Waals surface area contributed by atoms with Gasteiger partial charge in [-0.15, -0.1) is 0 Å². The van der Waals surface area contributed by atoms with Crippen LogP contribution >= 0.6 is 11.6 Å². The largest absolute Gasteiger partial charge is 0.508 e. The van der Waals surface area contributed by atoms with Gasteiger partial charge >= 0.3 is 0 Å². The molecule has 0 bridgehead atoms. The maximum atomic E-state index is 11.8. The smallest absolute Gasteiger partial charge is 0.253 e. The van der Waals surface area contributed by atoms with Crippen molar-refractivity contribution < 1.29 is 9.90 Å². The number of phenolic OH excluding ortho intramolecular Hbond substituents is 1. The van der Waals surface area contributed by atoms with Crippen LogP contribution in [0.2, 0.25) is 5.02 Å². The highest BCUT2D eigenvalue weighted by molar-refractivity contribution is 6.33. The maximum Gasteiger partial charge on any atom is 0.253 e. The predicted molar refractivity (Wildman–Crippen MR) is 61.9 cm³/mol. The molecule has 0 radical (unpaired) electrons. The van der Waals surface area contributed by atoms with Gasteiger partial charge in [-0.1, -0.05) is 11.6 Å². The molecular formula is C11H13ClN2O2. The molecular weight excluding hydrogens is 228 g/mol. The lowest BCUT2D eigenvalue weighted by Crippen LogP contribution is -2.36. The van der Waals surface area contributed by atoms with E-state index in [0.717, 1.165) is 19.5 Å². The van der Waals surface area contributed by atoms with Crippen LogP contribution in [0.5, 0.6) is 5.75 Å². The van der Waals surface area contributed by atoms with Crippen LogP contribution in [0.3, 0.4) is 0 Å². The monoisotopic (exact) mass is 240 g/mol. The fraction of sp³-hybridized carbons (Fsp3) is 0.364. The van der Waals surface area contributed by atoms with Crippen molar-refractivity contribution in [1.29, 1.82) is 0 Å². The fourth-order valence-corrected chi connectivity index (χ4v) is 1.93. The summed E-state index contributed by atoms with van der Waals surface area (Å²) in [6.07, 6.45) is 0.919. The molecule has 0 aromatic heterocycles. The molecule has 0 spiro atoms. The molecule has 1 amide bonds. The first-order valence-electron chi connectivity index (χ1n) is 5.17. The van der Waals surface area contributed by atoms with Gasteiger partial charge in [0.25, 0.3) is 5.91 Å². The SMILES string of the molecule is O=C(N[C@@H]1CCNC1)c1cc(O)ccc1Cl. The predicted octanol–water partition coefficient (Wildman–Crippen LogP) is 1.14. The van der Waals surface area contributed by atoms with Crippen LogP contribution in [-0.4, -0.2) is 30.1 Å². The Hall–Kier alpha value is -1.26. The molecule has 3 N–H and O–H groups in total. The number of hydrogen-bond donors (Lipinski definition) is 3. The topological polar surface area (TPSA) is 61.4 Å². The second-order valence-corrected chi connectivity index (χ2v) is 4.23. The second kappa shape index (κ2) is 4.72. The van der Waals surface area contributed by atoms with Gasteiger partial charge in [0.2, 0.25) is 0 Å². The first kappa shape index (κ1) is 11.2. The Morgan fingerprint density at radius 3 is 3.06 bits per heavy atom. The van der Waals surface area contributed by atoms with Gasteiger partial charge in [0.1, 0.15) is 5.75 Å². The molecule has 4 nitrogen and oxygen atoms in total. The maximum absolute atomic E-state index is 11.8. The minimum Gasteiger partial charge on any atom is -0.508 e. The summed E-state index contributed by atoms with van der Waals surface area (Å²) in [5, 5.41) is 15.7. The standard InChI is InChI=1S/C11H13ClN2O2/c12-10-2-1-8(15)5-9(10)11(16)14-7-3-4-13-6-7/h1-2,5,7,13,15H,3-4,6H2,(H,14,16)/t7-/m1/s1. The van der Waals surface area contributed by atoms with Crippen molar-refractivity contribution in [3.05, 3.63) is 28.8 Å². The summed E-state index contributed by atoms with van der Waals surface area (Å²) in [6.45, 7) is 1.70. The summed E-state index contributed by atoms with van der Waals surface area (Å²) in [7, 11) is 0. The molecule has 0 unspecified atom stereocenters. The van der Waals surface area contributed by atoms with E-state index < -0.39 is 0 Å². The minimum atomic E-state index is -0.241. The number of carbonyl (C=O) groups excluding carboxylic acids is 1. The van der Waals surface area contributed by atoms with E-state index in [1.54, 1.807) is 0 Å².